The topological polar surface area (TPSA) is 80.1 Å². The number of hydrogen-bond acceptors (Lipinski definition) is 5. The van der Waals surface area contributed by atoms with Gasteiger partial charge in [-0.05, 0) is 16.2 Å². The molecule has 2 N–H and O–H groups in total. The van der Waals surface area contributed by atoms with Crippen LogP contribution < -0.4 is 10.7 Å². The number of halogens is 1. The molecule has 0 saturated carbocycles. The van der Waals surface area contributed by atoms with Gasteiger partial charge in [0.05, 0.1) is 13.2 Å². The van der Waals surface area contributed by atoms with E-state index in [9.17, 15) is 4.79 Å². The Hall–Kier alpha value is -2.86. The Labute approximate surface area is 183 Å². The molecule has 0 aliphatic carbocycles. The van der Waals surface area contributed by atoms with E-state index in [1.165, 1.54) is 0 Å². The molecular formula is C22H29ClN5O2+. The molecule has 0 saturated heterocycles. The lowest BCUT2D eigenvalue weighted by molar-refractivity contribution is -0.131. The predicted molar refractivity (Wildman–Crippen MR) is 118 cm³/mol. The number of rotatable bonds is 8. The standard InChI is InChI=1S/C22H27N5O2.ClH/c1-22(2,3)21(28)23-19(16-29-15-18-12-8-5-9-13-18)20-24-26-27(25-20)14-17-10-6-4-7-11-17;/h4-13,19H,14-16H2,1-3H3,(H,23,28);1H/p+1/t19-;/m1./s1. The quantitative estimate of drug-likeness (QED) is 0.630. The first kappa shape index (κ1) is 23.4. The minimum atomic E-state index is -0.516. The Bertz CT molecular complexity index is 877. The first-order valence-corrected chi connectivity index (χ1v) is 9.71. The van der Waals surface area contributed by atoms with Crippen LogP contribution in [-0.4, -0.2) is 34.3 Å². The predicted octanol–water partition coefficient (Wildman–Crippen LogP) is 3.15. The number of amidine groups is 1. The van der Waals surface area contributed by atoms with Crippen LogP contribution in [0.15, 0.2) is 65.9 Å². The van der Waals surface area contributed by atoms with Crippen molar-refractivity contribution in [2.75, 3.05) is 6.61 Å². The lowest BCUT2D eigenvalue weighted by atomic mass is 9.95. The molecule has 3 rings (SSSR count). The summed E-state index contributed by atoms with van der Waals surface area (Å²) in [4.78, 5) is 16.8. The Kier molecular flexibility index (Phi) is 8.42. The molecule has 0 bridgehead atoms. The molecule has 0 unspecified atom stereocenters. The zero-order chi connectivity index (χ0) is 20.7. The number of carbonyl (C=O) groups excluding carboxylic acids is 1. The average molecular weight is 431 g/mol. The van der Waals surface area contributed by atoms with Crippen LogP contribution in [0.3, 0.4) is 0 Å². The van der Waals surface area contributed by atoms with Crippen molar-refractivity contribution in [3.63, 3.8) is 0 Å². The number of benzene rings is 2. The number of nitrogens with zero attached hydrogens (tertiary/aromatic N) is 3. The van der Waals surface area contributed by atoms with Gasteiger partial charge in [-0.1, -0.05) is 81.4 Å². The van der Waals surface area contributed by atoms with Crippen LogP contribution >= 0.6 is 12.4 Å². The van der Waals surface area contributed by atoms with Gasteiger partial charge in [-0.15, -0.1) is 22.6 Å². The van der Waals surface area contributed by atoms with Crippen LogP contribution in [-0.2, 0) is 22.7 Å². The third kappa shape index (κ3) is 6.88. The highest BCUT2D eigenvalue weighted by atomic mass is 35.5. The van der Waals surface area contributed by atoms with Gasteiger partial charge in [-0.2, -0.15) is 0 Å². The van der Waals surface area contributed by atoms with Gasteiger partial charge in [0.1, 0.15) is 6.54 Å². The Morgan fingerprint density at radius 2 is 1.70 bits per heavy atom. The van der Waals surface area contributed by atoms with E-state index in [2.05, 4.69) is 20.8 Å². The largest absolute Gasteiger partial charge is 0.374 e. The van der Waals surface area contributed by atoms with E-state index in [0.29, 0.717) is 19.0 Å². The molecule has 0 radical (unpaired) electrons. The molecule has 1 amide bonds. The fraction of sp³-hybridized carbons (Fsp3) is 0.364. The molecule has 7 nitrogen and oxygen atoms in total. The minimum Gasteiger partial charge on any atom is -0.374 e. The number of amides is 1. The summed E-state index contributed by atoms with van der Waals surface area (Å²) in [6.07, 6.45) is 0. The second kappa shape index (κ2) is 10.8. The van der Waals surface area contributed by atoms with E-state index in [1.54, 1.807) is 5.12 Å². The second-order valence-corrected chi connectivity index (χ2v) is 8.01. The molecule has 8 heteroatoms. The normalized spacial score (nSPS) is 13.8. The molecule has 1 aliphatic heterocycles. The molecule has 1 heterocycles. The number of carbonyl (C=O) groups is 1. The number of hydrazine groups is 1. The molecule has 0 fully saturated rings. The lowest BCUT2D eigenvalue weighted by Crippen LogP contribution is -2.53. The van der Waals surface area contributed by atoms with E-state index < -0.39 is 11.5 Å². The molecule has 1 aliphatic rings. The van der Waals surface area contributed by atoms with Gasteiger partial charge in [0.15, 0.2) is 11.3 Å². The lowest BCUT2D eigenvalue weighted by Gasteiger charge is -2.22. The summed E-state index contributed by atoms with van der Waals surface area (Å²) >= 11 is 0. The van der Waals surface area contributed by atoms with E-state index in [1.807, 2.05) is 81.4 Å². The van der Waals surface area contributed by atoms with Crippen molar-refractivity contribution in [1.82, 2.24) is 15.9 Å². The van der Waals surface area contributed by atoms with Gasteiger partial charge in [-0.25, -0.2) is 0 Å². The fourth-order valence-corrected chi connectivity index (χ4v) is 2.69. The second-order valence-electron chi connectivity index (χ2n) is 8.01. The highest BCUT2D eigenvalue weighted by molar-refractivity contribution is 5.89. The summed E-state index contributed by atoms with van der Waals surface area (Å²) in [6, 6.07) is 19.5. The zero-order valence-corrected chi connectivity index (χ0v) is 18.4. The van der Waals surface area contributed by atoms with Crippen LogP contribution in [0, 0.1) is 5.41 Å². The Balaban J connectivity index is 0.00000320. The highest BCUT2D eigenvalue weighted by Gasteiger charge is 2.34. The smallest absolute Gasteiger partial charge is 0.373 e. The van der Waals surface area contributed by atoms with E-state index in [4.69, 9.17) is 4.74 Å². The summed E-state index contributed by atoms with van der Waals surface area (Å²) in [7, 11) is 0. The maximum absolute atomic E-state index is 12.5. The molecule has 0 aromatic heterocycles. The number of ether oxygens (including phenoxy) is 1. The van der Waals surface area contributed by atoms with Crippen molar-refractivity contribution >= 4 is 24.1 Å². The third-order valence-electron chi connectivity index (χ3n) is 4.39. The van der Waals surface area contributed by atoms with Crippen LogP contribution in [0.25, 0.3) is 0 Å². The summed E-state index contributed by atoms with van der Waals surface area (Å²) in [5, 5.41) is 8.85. The van der Waals surface area contributed by atoms with Crippen LogP contribution in [0.5, 0.6) is 0 Å². The number of hydrogen-bond donors (Lipinski definition) is 2. The summed E-state index contributed by atoms with van der Waals surface area (Å²) < 4.78 is 5.87. The van der Waals surface area contributed by atoms with Crippen molar-refractivity contribution in [3.05, 3.63) is 71.8 Å². The van der Waals surface area contributed by atoms with Gasteiger partial charge < -0.3 is 10.1 Å². The van der Waals surface area contributed by atoms with E-state index in [0.717, 1.165) is 11.1 Å². The van der Waals surface area contributed by atoms with Crippen LogP contribution in [0.1, 0.15) is 31.9 Å². The summed E-state index contributed by atoms with van der Waals surface area (Å²) in [6.45, 7) is 6.94. The molecule has 1 atom stereocenters. The molecule has 2 aromatic rings. The third-order valence-corrected chi connectivity index (χ3v) is 4.39. The summed E-state index contributed by atoms with van der Waals surface area (Å²) in [5.41, 5.74) is 4.83. The average Bonchev–Trinajstić information content (AvgIpc) is 3.16. The van der Waals surface area contributed by atoms with Crippen molar-refractivity contribution in [1.29, 1.82) is 0 Å². The molecule has 160 valence electrons. The van der Waals surface area contributed by atoms with Crippen molar-refractivity contribution < 1.29 is 14.3 Å². The Morgan fingerprint density at radius 1 is 1.10 bits per heavy atom. The maximum atomic E-state index is 12.5. The van der Waals surface area contributed by atoms with Gasteiger partial charge in [-0.3, -0.25) is 4.79 Å². The van der Waals surface area contributed by atoms with Crippen LogP contribution in [0.2, 0.25) is 0 Å². The minimum absolute atomic E-state index is 0. The van der Waals surface area contributed by atoms with Gasteiger partial charge in [0, 0.05) is 5.41 Å². The van der Waals surface area contributed by atoms with E-state index in [-0.39, 0.29) is 24.9 Å². The summed E-state index contributed by atoms with van der Waals surface area (Å²) in [5.74, 6) is 0.489. The highest BCUT2D eigenvalue weighted by Crippen LogP contribution is 2.13. The van der Waals surface area contributed by atoms with E-state index >= 15 is 0 Å². The monoisotopic (exact) mass is 430 g/mol. The van der Waals surface area contributed by atoms with Crippen molar-refractivity contribution in [2.45, 2.75) is 40.0 Å². The van der Waals surface area contributed by atoms with Gasteiger partial charge >= 0.3 is 5.84 Å². The van der Waals surface area contributed by atoms with Crippen molar-refractivity contribution in [2.24, 2.45) is 10.6 Å². The molecule has 0 spiro atoms. The SMILES string of the molecule is CC(C)(C)C(=O)N[C@H](COCc1ccccc1)C1=[N+]=NN(Cc2ccccc2)N1.Cl. The van der Waals surface area contributed by atoms with Crippen molar-refractivity contribution in [3.8, 4) is 0 Å². The zero-order valence-electron chi connectivity index (χ0n) is 17.5. The first-order chi connectivity index (χ1) is 13.9. The van der Waals surface area contributed by atoms with Gasteiger partial charge in [0.25, 0.3) is 0 Å². The fourth-order valence-electron chi connectivity index (χ4n) is 2.69. The Morgan fingerprint density at radius 3 is 2.30 bits per heavy atom. The first-order valence-electron chi connectivity index (χ1n) is 9.71. The van der Waals surface area contributed by atoms with Crippen LogP contribution in [0.4, 0.5) is 0 Å². The molecule has 30 heavy (non-hydrogen) atoms. The molecular weight excluding hydrogens is 402 g/mol. The molecule has 2 aromatic carbocycles. The number of nitrogens with one attached hydrogen (secondary N) is 2. The van der Waals surface area contributed by atoms with Gasteiger partial charge in [0.2, 0.25) is 5.91 Å². The maximum Gasteiger partial charge on any atom is 0.373 e.